The van der Waals surface area contributed by atoms with Crippen LogP contribution in [0.25, 0.3) is 11.4 Å². The Kier molecular flexibility index (Phi) is 4.56. The van der Waals surface area contributed by atoms with Crippen LogP contribution in [0.5, 0.6) is 0 Å². The fraction of sp³-hybridized carbons (Fsp3) is 0.474. The summed E-state index contributed by atoms with van der Waals surface area (Å²) >= 11 is 4.71. The lowest BCUT2D eigenvalue weighted by atomic mass is 9.83. The van der Waals surface area contributed by atoms with Gasteiger partial charge in [-0.3, -0.25) is 5.32 Å². The Bertz CT molecular complexity index is 1070. The van der Waals surface area contributed by atoms with Crippen LogP contribution in [0.2, 0.25) is 0 Å². The molecule has 0 saturated carbocycles. The molecule has 3 atom stereocenters. The summed E-state index contributed by atoms with van der Waals surface area (Å²) < 4.78 is 46.2. The van der Waals surface area contributed by atoms with Gasteiger partial charge in [-0.25, -0.2) is 19.7 Å². The second-order valence-electron chi connectivity index (χ2n) is 7.99. The number of ether oxygens (including phenoxy) is 1. The summed E-state index contributed by atoms with van der Waals surface area (Å²) in [6.45, 7) is 3.45. The normalized spacial score (nSPS) is 27.5. The van der Waals surface area contributed by atoms with Crippen molar-refractivity contribution >= 4 is 30.4 Å². The Labute approximate surface area is 181 Å². The molecule has 0 aromatic carbocycles. The van der Waals surface area contributed by atoms with Crippen LogP contribution in [0, 0.1) is 0 Å². The van der Waals surface area contributed by atoms with Gasteiger partial charge in [0, 0.05) is 30.4 Å². The fourth-order valence-corrected chi connectivity index (χ4v) is 4.58. The minimum absolute atomic E-state index is 0.0411. The molecule has 5 heterocycles. The second kappa shape index (κ2) is 6.95. The molecule has 0 aliphatic carbocycles. The van der Waals surface area contributed by atoms with Crippen LogP contribution in [0.4, 0.5) is 29.6 Å². The number of thiol groups is 1. The molecule has 12 heteroatoms. The Morgan fingerprint density at radius 2 is 2.13 bits per heavy atom. The average Bonchev–Trinajstić information content (AvgIpc) is 2.70. The lowest BCUT2D eigenvalue weighted by Crippen LogP contribution is -2.71. The quantitative estimate of drug-likeness (QED) is 0.604. The predicted octanol–water partition coefficient (Wildman–Crippen LogP) is 3.03. The van der Waals surface area contributed by atoms with Crippen LogP contribution in [0.15, 0.2) is 18.5 Å². The summed E-state index contributed by atoms with van der Waals surface area (Å²) in [5.74, 6) is 0.417. The van der Waals surface area contributed by atoms with Gasteiger partial charge in [0.1, 0.15) is 29.8 Å². The van der Waals surface area contributed by atoms with Gasteiger partial charge in [-0.1, -0.05) is 0 Å². The van der Waals surface area contributed by atoms with E-state index in [1.54, 1.807) is 6.92 Å². The lowest BCUT2D eigenvalue weighted by molar-refractivity contribution is -0.137. The SMILES string of the molecule is C[C@@H]1OC(=O)Nc2ncnc(-c3cc(C(F)(F)F)cc(N4CC[C@]5(S)CN[C@@H]5C4)n3)c21. The highest BCUT2D eigenvalue weighted by molar-refractivity contribution is 7.82. The minimum Gasteiger partial charge on any atom is -0.441 e. The van der Waals surface area contributed by atoms with E-state index >= 15 is 0 Å². The Hall–Kier alpha value is -2.60. The number of hydrogen-bond acceptors (Lipinski definition) is 8. The van der Waals surface area contributed by atoms with Crippen molar-refractivity contribution in [1.29, 1.82) is 0 Å². The summed E-state index contributed by atoms with van der Waals surface area (Å²) in [7, 11) is 0. The minimum atomic E-state index is -4.56. The molecule has 0 bridgehead atoms. The van der Waals surface area contributed by atoms with E-state index in [0.717, 1.165) is 25.1 Å². The van der Waals surface area contributed by atoms with Crippen LogP contribution in [-0.4, -0.2) is 51.5 Å². The van der Waals surface area contributed by atoms with E-state index in [1.165, 1.54) is 6.33 Å². The van der Waals surface area contributed by atoms with Crippen LogP contribution in [0.3, 0.4) is 0 Å². The molecule has 2 aromatic rings. The number of hydrogen-bond donors (Lipinski definition) is 3. The molecule has 164 valence electrons. The molecule has 0 unspecified atom stereocenters. The molecule has 1 amide bonds. The number of nitrogens with zero attached hydrogens (tertiary/aromatic N) is 4. The number of fused-ring (bicyclic) bond motifs is 2. The van der Waals surface area contributed by atoms with Gasteiger partial charge in [0.2, 0.25) is 0 Å². The molecule has 2 fully saturated rings. The van der Waals surface area contributed by atoms with E-state index in [0.29, 0.717) is 18.7 Å². The van der Waals surface area contributed by atoms with Gasteiger partial charge in [-0.15, -0.1) is 0 Å². The van der Waals surface area contributed by atoms with E-state index < -0.39 is 23.9 Å². The molecule has 31 heavy (non-hydrogen) atoms. The summed E-state index contributed by atoms with van der Waals surface area (Å²) in [5.41, 5.74) is -0.211. The second-order valence-corrected chi connectivity index (χ2v) is 8.88. The van der Waals surface area contributed by atoms with Crippen molar-refractivity contribution in [3.8, 4) is 11.4 Å². The van der Waals surface area contributed by atoms with Crippen molar-refractivity contribution < 1.29 is 22.7 Å². The van der Waals surface area contributed by atoms with Crippen molar-refractivity contribution in [2.24, 2.45) is 0 Å². The Morgan fingerprint density at radius 1 is 1.32 bits per heavy atom. The molecular weight excluding hydrogens is 433 g/mol. The van der Waals surface area contributed by atoms with E-state index in [9.17, 15) is 18.0 Å². The highest BCUT2D eigenvalue weighted by Crippen LogP contribution is 2.40. The molecule has 3 aliphatic heterocycles. The molecule has 0 spiro atoms. The first-order valence-corrected chi connectivity index (χ1v) is 10.2. The molecule has 8 nitrogen and oxygen atoms in total. The first kappa shape index (κ1) is 20.3. The third-order valence-corrected chi connectivity index (χ3v) is 6.71. The first-order valence-electron chi connectivity index (χ1n) is 9.77. The zero-order valence-corrected chi connectivity index (χ0v) is 17.3. The van der Waals surface area contributed by atoms with Crippen LogP contribution >= 0.6 is 12.6 Å². The number of piperidine rings is 1. The van der Waals surface area contributed by atoms with Crippen LogP contribution in [-0.2, 0) is 10.9 Å². The molecular formula is C19H19F3N6O2S. The van der Waals surface area contributed by atoms with Crippen molar-refractivity contribution in [2.75, 3.05) is 29.9 Å². The van der Waals surface area contributed by atoms with Gasteiger partial charge >= 0.3 is 12.3 Å². The molecule has 2 saturated heterocycles. The van der Waals surface area contributed by atoms with Crippen molar-refractivity contribution in [1.82, 2.24) is 20.3 Å². The lowest BCUT2D eigenvalue weighted by Gasteiger charge is -2.53. The maximum atomic E-state index is 13.7. The smallest absolute Gasteiger partial charge is 0.416 e. The van der Waals surface area contributed by atoms with Crippen LogP contribution in [0.1, 0.15) is 30.6 Å². The van der Waals surface area contributed by atoms with Gasteiger partial charge in [0.15, 0.2) is 0 Å². The number of halogens is 3. The number of amides is 1. The molecule has 2 N–H and O–H groups in total. The number of carbonyl (C=O) groups is 1. The summed E-state index contributed by atoms with van der Waals surface area (Å²) in [6, 6.07) is 2.10. The topological polar surface area (TPSA) is 92.3 Å². The third-order valence-electron chi connectivity index (χ3n) is 6.02. The average molecular weight is 452 g/mol. The van der Waals surface area contributed by atoms with Crippen molar-refractivity contribution in [3.63, 3.8) is 0 Å². The molecule has 5 rings (SSSR count). The van der Waals surface area contributed by atoms with Crippen molar-refractivity contribution in [3.05, 3.63) is 29.6 Å². The summed E-state index contributed by atoms with van der Waals surface area (Å²) in [4.78, 5) is 26.2. The van der Waals surface area contributed by atoms with Gasteiger partial charge in [-0.05, 0) is 25.5 Å². The van der Waals surface area contributed by atoms with Gasteiger partial charge in [0.05, 0.1) is 16.8 Å². The predicted molar refractivity (Wildman–Crippen MR) is 109 cm³/mol. The number of rotatable bonds is 2. The summed E-state index contributed by atoms with van der Waals surface area (Å²) in [6.07, 6.45) is -4.06. The van der Waals surface area contributed by atoms with E-state index in [4.69, 9.17) is 17.4 Å². The largest absolute Gasteiger partial charge is 0.441 e. The Morgan fingerprint density at radius 3 is 2.81 bits per heavy atom. The number of alkyl halides is 3. The monoisotopic (exact) mass is 452 g/mol. The highest BCUT2D eigenvalue weighted by Gasteiger charge is 2.47. The number of pyridine rings is 1. The summed E-state index contributed by atoms with van der Waals surface area (Å²) in [5, 5.41) is 5.74. The highest BCUT2D eigenvalue weighted by atomic mass is 32.1. The molecule has 3 aliphatic rings. The van der Waals surface area contributed by atoms with E-state index in [-0.39, 0.29) is 33.8 Å². The Balaban J connectivity index is 1.60. The maximum Gasteiger partial charge on any atom is 0.416 e. The van der Waals surface area contributed by atoms with Gasteiger partial charge < -0.3 is 15.0 Å². The van der Waals surface area contributed by atoms with Gasteiger partial charge in [-0.2, -0.15) is 25.8 Å². The van der Waals surface area contributed by atoms with Gasteiger partial charge in [0.25, 0.3) is 0 Å². The molecule has 0 radical (unpaired) electrons. The number of nitrogens with one attached hydrogen (secondary N) is 2. The zero-order chi connectivity index (χ0) is 22.0. The first-order chi connectivity index (χ1) is 14.6. The van der Waals surface area contributed by atoms with Crippen molar-refractivity contribution in [2.45, 2.75) is 36.4 Å². The van der Waals surface area contributed by atoms with E-state index in [2.05, 4.69) is 25.6 Å². The van der Waals surface area contributed by atoms with Crippen LogP contribution < -0.4 is 15.5 Å². The molecule has 2 aromatic heterocycles. The fourth-order valence-electron chi connectivity index (χ4n) is 4.22. The number of anilines is 2. The number of aromatic nitrogens is 3. The zero-order valence-electron chi connectivity index (χ0n) is 16.4. The number of cyclic esters (lactones) is 1. The van der Waals surface area contributed by atoms with E-state index in [1.807, 2.05) is 4.90 Å². The third kappa shape index (κ3) is 3.47. The standard InChI is InChI=1S/C19H19F3N6O2S/c1-9-14-15(24-8-25-16(14)27-17(29)30-9)11-4-10(19(20,21)22)5-13(26-11)28-3-2-18(31)7-23-12(18)6-28/h4-5,8-9,12,23,31H,2-3,6-7H2,1H3,(H,24,25,27,29)/t9-,12+,18-/m0/s1. The number of carbonyl (C=O) groups excluding carboxylic acids is 1. The maximum absolute atomic E-state index is 13.7.